The summed E-state index contributed by atoms with van der Waals surface area (Å²) < 4.78 is 4.67. The van der Waals surface area contributed by atoms with Crippen LogP contribution in [0.15, 0.2) is 24.3 Å². The van der Waals surface area contributed by atoms with E-state index in [4.69, 9.17) is 11.6 Å². The van der Waals surface area contributed by atoms with E-state index in [9.17, 15) is 4.79 Å². The fourth-order valence-electron chi connectivity index (χ4n) is 0.757. The number of hydrogen-bond donors (Lipinski definition) is 0. The van der Waals surface area contributed by atoms with Crippen LogP contribution in [0.25, 0.3) is 0 Å². The molecule has 0 radical (unpaired) electrons. The molecule has 0 heterocycles. The molecule has 0 unspecified atom stereocenters. The van der Waals surface area contributed by atoms with Crippen molar-refractivity contribution in [1.29, 1.82) is 0 Å². The highest BCUT2D eigenvalue weighted by Crippen LogP contribution is 2.16. The van der Waals surface area contributed by atoms with Gasteiger partial charge in [0.1, 0.15) is 5.75 Å². The Kier molecular flexibility index (Phi) is 4.71. The van der Waals surface area contributed by atoms with Gasteiger partial charge in [0.15, 0.2) is 0 Å². The van der Waals surface area contributed by atoms with Crippen molar-refractivity contribution in [2.24, 2.45) is 0 Å². The molecule has 0 N–H and O–H groups in total. The van der Waals surface area contributed by atoms with Crippen molar-refractivity contribution in [2.45, 2.75) is 6.92 Å². The van der Waals surface area contributed by atoms with Crippen molar-refractivity contribution in [2.75, 3.05) is 0 Å². The van der Waals surface area contributed by atoms with Crippen molar-refractivity contribution in [3.63, 3.8) is 0 Å². The maximum atomic E-state index is 10.3. The van der Waals surface area contributed by atoms with Crippen LogP contribution in [-0.2, 0) is 0 Å². The van der Waals surface area contributed by atoms with Gasteiger partial charge in [-0.25, -0.2) is 4.79 Å². The number of carbonyl (C=O) groups is 1. The van der Waals surface area contributed by atoms with Gasteiger partial charge in [0.2, 0.25) is 0 Å². The number of rotatable bonds is 1. The minimum absolute atomic E-state index is 0. The van der Waals surface area contributed by atoms with E-state index in [2.05, 4.69) is 4.74 Å². The molecule has 2 nitrogen and oxygen atoms in total. The van der Waals surface area contributed by atoms with E-state index in [0.29, 0.717) is 5.75 Å². The van der Waals surface area contributed by atoms with Crippen LogP contribution in [-0.4, -0.2) is 5.43 Å². The van der Waals surface area contributed by atoms with E-state index in [-0.39, 0.29) is 12.4 Å². The zero-order valence-corrected chi connectivity index (χ0v) is 7.98. The maximum Gasteiger partial charge on any atom is 0.409 e. The molecule has 0 saturated heterocycles. The van der Waals surface area contributed by atoms with Gasteiger partial charge >= 0.3 is 5.43 Å². The van der Waals surface area contributed by atoms with Gasteiger partial charge in [-0.05, 0) is 18.6 Å². The monoisotopic (exact) mass is 206 g/mol. The molecule has 0 amide bonds. The molecule has 12 heavy (non-hydrogen) atoms. The van der Waals surface area contributed by atoms with Crippen LogP contribution in [0, 0.1) is 6.92 Å². The third-order valence-electron chi connectivity index (χ3n) is 1.28. The lowest BCUT2D eigenvalue weighted by Crippen LogP contribution is -1.97. The molecule has 1 rings (SSSR count). The van der Waals surface area contributed by atoms with Crippen molar-refractivity contribution in [3.05, 3.63) is 29.8 Å². The van der Waals surface area contributed by atoms with Gasteiger partial charge in [-0.1, -0.05) is 18.2 Å². The van der Waals surface area contributed by atoms with Gasteiger partial charge in [0.05, 0.1) is 0 Å². The molecular formula is C8H8Cl2O2. The van der Waals surface area contributed by atoms with Gasteiger partial charge in [-0.3, -0.25) is 0 Å². The quantitative estimate of drug-likeness (QED) is 0.661. The molecule has 0 atom stereocenters. The van der Waals surface area contributed by atoms with E-state index >= 15 is 0 Å². The molecular weight excluding hydrogens is 199 g/mol. The first-order valence-corrected chi connectivity index (χ1v) is 3.51. The molecule has 0 aliphatic heterocycles. The molecule has 0 aliphatic rings. The van der Waals surface area contributed by atoms with Crippen molar-refractivity contribution in [3.8, 4) is 5.75 Å². The largest absolute Gasteiger partial charge is 0.414 e. The summed E-state index contributed by atoms with van der Waals surface area (Å²) in [5, 5.41) is 0. The Labute approximate surface area is 81.9 Å². The summed E-state index contributed by atoms with van der Waals surface area (Å²) in [4.78, 5) is 10.3. The molecule has 0 spiro atoms. The first-order chi connectivity index (χ1) is 5.20. The number of hydrogen-bond acceptors (Lipinski definition) is 2. The summed E-state index contributed by atoms with van der Waals surface area (Å²) in [6, 6.07) is 7.17. The van der Waals surface area contributed by atoms with E-state index in [1.807, 2.05) is 19.1 Å². The third-order valence-corrected chi connectivity index (χ3v) is 1.36. The van der Waals surface area contributed by atoms with Gasteiger partial charge in [0, 0.05) is 11.6 Å². The number of carbonyl (C=O) groups excluding carboxylic acids is 1. The Morgan fingerprint density at radius 1 is 1.42 bits per heavy atom. The molecule has 1 aromatic rings. The fraction of sp³-hybridized carbons (Fsp3) is 0.125. The van der Waals surface area contributed by atoms with Gasteiger partial charge in [-0.15, -0.1) is 12.4 Å². The Morgan fingerprint density at radius 3 is 2.50 bits per heavy atom. The van der Waals surface area contributed by atoms with Crippen LogP contribution in [0.1, 0.15) is 5.56 Å². The van der Waals surface area contributed by atoms with Crippen molar-refractivity contribution < 1.29 is 9.53 Å². The second-order valence-corrected chi connectivity index (χ2v) is 2.41. The van der Waals surface area contributed by atoms with Crippen LogP contribution in [0.4, 0.5) is 4.79 Å². The summed E-state index contributed by atoms with van der Waals surface area (Å²) in [6.07, 6.45) is 0. The summed E-state index contributed by atoms with van der Waals surface area (Å²) >= 11 is 5.02. The number of ether oxygens (including phenoxy) is 1. The highest BCUT2D eigenvalue weighted by atomic mass is 35.5. The molecule has 1 aromatic carbocycles. The summed E-state index contributed by atoms with van der Waals surface area (Å²) in [7, 11) is 0. The Bertz CT molecular complexity index is 274. The topological polar surface area (TPSA) is 26.3 Å². The maximum absolute atomic E-state index is 10.3. The van der Waals surface area contributed by atoms with Crippen molar-refractivity contribution in [1.82, 2.24) is 0 Å². The molecule has 0 fully saturated rings. The van der Waals surface area contributed by atoms with Crippen LogP contribution < -0.4 is 4.74 Å². The lowest BCUT2D eigenvalue weighted by Gasteiger charge is -2.01. The van der Waals surface area contributed by atoms with Crippen LogP contribution in [0.5, 0.6) is 5.75 Å². The van der Waals surface area contributed by atoms with Crippen LogP contribution in [0.2, 0.25) is 0 Å². The number of halogens is 2. The summed E-state index contributed by atoms with van der Waals surface area (Å²) in [5.74, 6) is 0.507. The van der Waals surface area contributed by atoms with E-state index in [1.165, 1.54) is 0 Å². The molecule has 0 aliphatic carbocycles. The molecule has 0 saturated carbocycles. The Hall–Kier alpha value is -0.730. The van der Waals surface area contributed by atoms with E-state index in [1.54, 1.807) is 12.1 Å². The molecule has 0 aromatic heterocycles. The highest BCUT2D eigenvalue weighted by molar-refractivity contribution is 6.61. The van der Waals surface area contributed by atoms with E-state index in [0.717, 1.165) is 5.56 Å². The average Bonchev–Trinajstić information content (AvgIpc) is 1.93. The standard InChI is InChI=1S/C8H7ClO2.ClH/c1-6-4-2-3-5-7(6)11-8(9)10;/h2-5H,1H3;1H. The highest BCUT2D eigenvalue weighted by Gasteiger charge is 2.00. The first kappa shape index (κ1) is 11.3. The number of para-hydroxylation sites is 1. The predicted molar refractivity (Wildman–Crippen MR) is 50.3 cm³/mol. The van der Waals surface area contributed by atoms with Crippen molar-refractivity contribution >= 4 is 29.4 Å². The Morgan fingerprint density at radius 2 is 2.00 bits per heavy atom. The summed E-state index contributed by atoms with van der Waals surface area (Å²) in [5.41, 5.74) is 0.0841. The zero-order chi connectivity index (χ0) is 8.27. The third kappa shape index (κ3) is 3.11. The van der Waals surface area contributed by atoms with Crippen LogP contribution >= 0.6 is 24.0 Å². The normalized spacial score (nSPS) is 8.50. The second kappa shape index (κ2) is 5.01. The SMILES string of the molecule is Cc1ccccc1OC(=O)Cl.Cl. The first-order valence-electron chi connectivity index (χ1n) is 3.13. The zero-order valence-electron chi connectivity index (χ0n) is 6.41. The lowest BCUT2D eigenvalue weighted by atomic mass is 10.2. The smallest absolute Gasteiger partial charge is 0.409 e. The molecule has 4 heteroatoms. The average molecular weight is 207 g/mol. The van der Waals surface area contributed by atoms with Gasteiger partial charge in [-0.2, -0.15) is 0 Å². The van der Waals surface area contributed by atoms with E-state index < -0.39 is 5.43 Å². The number of benzene rings is 1. The van der Waals surface area contributed by atoms with Gasteiger partial charge in [0.25, 0.3) is 0 Å². The lowest BCUT2D eigenvalue weighted by molar-refractivity contribution is 0.225. The second-order valence-electron chi connectivity index (χ2n) is 2.11. The minimum atomic E-state index is -0.806. The fourth-order valence-corrected chi connectivity index (χ4v) is 0.841. The molecule has 66 valence electrons. The number of aryl methyl sites for hydroxylation is 1. The molecule has 0 bridgehead atoms. The summed E-state index contributed by atoms with van der Waals surface area (Å²) in [6.45, 7) is 1.84. The predicted octanol–water partition coefficient (Wildman–Crippen LogP) is 3.15. The van der Waals surface area contributed by atoms with Crippen LogP contribution in [0.3, 0.4) is 0 Å². The Balaban J connectivity index is 0.00000121. The van der Waals surface area contributed by atoms with Gasteiger partial charge < -0.3 is 4.74 Å². The minimum Gasteiger partial charge on any atom is -0.414 e.